The van der Waals surface area contributed by atoms with E-state index < -0.39 is 0 Å². The summed E-state index contributed by atoms with van der Waals surface area (Å²) in [5, 5.41) is 4.20. The maximum absolute atomic E-state index is 5.92. The summed E-state index contributed by atoms with van der Waals surface area (Å²) in [5.41, 5.74) is 1.23. The molecule has 0 saturated carbocycles. The lowest BCUT2D eigenvalue weighted by Gasteiger charge is -2.09. The number of hydrogen-bond acceptors (Lipinski definition) is 5. The van der Waals surface area contributed by atoms with Crippen LogP contribution in [-0.2, 0) is 13.6 Å². The van der Waals surface area contributed by atoms with Crippen molar-refractivity contribution in [3.8, 4) is 17.4 Å². The van der Waals surface area contributed by atoms with E-state index in [1.54, 1.807) is 6.20 Å². The highest BCUT2D eigenvalue weighted by molar-refractivity contribution is 5.35. The van der Waals surface area contributed by atoms with Crippen molar-refractivity contribution < 1.29 is 9.47 Å². The summed E-state index contributed by atoms with van der Waals surface area (Å²) in [6.07, 6.45) is 5.67. The molecule has 3 heterocycles. The van der Waals surface area contributed by atoms with E-state index in [2.05, 4.69) is 21.2 Å². The fourth-order valence-electron chi connectivity index (χ4n) is 2.71. The van der Waals surface area contributed by atoms with Crippen molar-refractivity contribution in [3.05, 3.63) is 66.6 Å². The van der Waals surface area contributed by atoms with E-state index in [9.17, 15) is 0 Å². The van der Waals surface area contributed by atoms with Gasteiger partial charge in [0, 0.05) is 50.2 Å². The van der Waals surface area contributed by atoms with Gasteiger partial charge in [0.1, 0.15) is 18.1 Å². The van der Waals surface area contributed by atoms with Crippen LogP contribution in [0.1, 0.15) is 5.56 Å². The highest BCUT2D eigenvalue weighted by Gasteiger charge is 2.34. The Balaban J connectivity index is 1.28. The second kappa shape index (κ2) is 6.94. The van der Waals surface area contributed by atoms with Crippen LogP contribution in [0.4, 0.5) is 0 Å². The Labute approximate surface area is 146 Å². The molecule has 1 saturated heterocycles. The molecule has 0 bridgehead atoms. The monoisotopic (exact) mass is 336 g/mol. The van der Waals surface area contributed by atoms with Gasteiger partial charge in [-0.2, -0.15) is 5.10 Å². The van der Waals surface area contributed by atoms with Crippen molar-refractivity contribution in [2.75, 3.05) is 13.2 Å². The number of aryl methyl sites for hydroxylation is 1. The first-order chi connectivity index (χ1) is 12.3. The molecule has 128 valence electrons. The fraction of sp³-hybridized carbons (Fsp3) is 0.263. The van der Waals surface area contributed by atoms with E-state index >= 15 is 0 Å². The van der Waals surface area contributed by atoms with Gasteiger partial charge in [0.15, 0.2) is 0 Å². The van der Waals surface area contributed by atoms with Crippen molar-refractivity contribution >= 4 is 0 Å². The molecule has 3 aromatic rings. The number of pyridine rings is 1. The highest BCUT2D eigenvalue weighted by Crippen LogP contribution is 2.26. The van der Waals surface area contributed by atoms with E-state index in [0.29, 0.717) is 18.5 Å². The molecule has 2 atom stereocenters. The van der Waals surface area contributed by atoms with Gasteiger partial charge in [0.05, 0.1) is 12.2 Å². The van der Waals surface area contributed by atoms with Crippen molar-refractivity contribution in [2.45, 2.75) is 12.6 Å². The zero-order valence-electron chi connectivity index (χ0n) is 14.1. The predicted molar refractivity (Wildman–Crippen MR) is 93.7 cm³/mol. The largest absolute Gasteiger partial charge is 0.492 e. The maximum Gasteiger partial charge on any atom is 0.219 e. The van der Waals surface area contributed by atoms with Gasteiger partial charge in [0.25, 0.3) is 0 Å². The zero-order valence-corrected chi connectivity index (χ0v) is 14.1. The molecule has 6 nitrogen and oxygen atoms in total. The molecular weight excluding hydrogens is 316 g/mol. The van der Waals surface area contributed by atoms with Crippen molar-refractivity contribution in [2.24, 2.45) is 7.05 Å². The average Bonchev–Trinajstić information content (AvgIpc) is 3.24. The summed E-state index contributed by atoms with van der Waals surface area (Å²) in [7, 11) is 1.94. The number of rotatable bonds is 7. The molecule has 4 rings (SSSR count). The Kier molecular flexibility index (Phi) is 4.35. The second-order valence-electron chi connectivity index (χ2n) is 6.16. The summed E-state index contributed by atoms with van der Waals surface area (Å²) >= 11 is 0. The zero-order chi connectivity index (χ0) is 17.1. The Morgan fingerprint density at radius 1 is 1.16 bits per heavy atom. The van der Waals surface area contributed by atoms with Crippen LogP contribution >= 0.6 is 0 Å². The van der Waals surface area contributed by atoms with Gasteiger partial charge in [-0.1, -0.05) is 12.1 Å². The van der Waals surface area contributed by atoms with Crippen molar-refractivity contribution in [1.29, 1.82) is 0 Å². The van der Waals surface area contributed by atoms with Gasteiger partial charge >= 0.3 is 0 Å². The lowest BCUT2D eigenvalue weighted by atomic mass is 10.3. The van der Waals surface area contributed by atoms with Crippen LogP contribution in [0.3, 0.4) is 0 Å². The van der Waals surface area contributed by atoms with Gasteiger partial charge in [-0.05, 0) is 18.2 Å². The van der Waals surface area contributed by atoms with Crippen molar-refractivity contribution in [3.63, 3.8) is 0 Å². The average molecular weight is 336 g/mol. The Morgan fingerprint density at radius 2 is 2.08 bits per heavy atom. The minimum Gasteiger partial charge on any atom is -0.492 e. The first kappa shape index (κ1) is 15.7. The number of nitrogens with zero attached hydrogens (tertiary/aromatic N) is 4. The van der Waals surface area contributed by atoms with Crippen molar-refractivity contribution in [1.82, 2.24) is 19.7 Å². The minimum atomic E-state index is 0.459. The smallest absolute Gasteiger partial charge is 0.219 e. The van der Waals surface area contributed by atoms with E-state index in [0.717, 1.165) is 24.6 Å². The summed E-state index contributed by atoms with van der Waals surface area (Å²) in [5.74, 6) is 2.10. The van der Waals surface area contributed by atoms with Gasteiger partial charge in [-0.3, -0.25) is 9.58 Å². The quantitative estimate of drug-likeness (QED) is 0.621. The van der Waals surface area contributed by atoms with Gasteiger partial charge in [-0.25, -0.2) is 4.98 Å². The molecule has 25 heavy (non-hydrogen) atoms. The first-order valence-electron chi connectivity index (χ1n) is 8.29. The third-order valence-electron chi connectivity index (χ3n) is 4.08. The van der Waals surface area contributed by atoms with Crippen LogP contribution in [-0.4, -0.2) is 38.9 Å². The van der Waals surface area contributed by atoms with Gasteiger partial charge in [0.2, 0.25) is 5.88 Å². The molecule has 2 unspecified atom stereocenters. The van der Waals surface area contributed by atoms with Crippen LogP contribution in [0.5, 0.6) is 17.4 Å². The molecule has 1 fully saturated rings. The molecular formula is C19H20N4O2. The number of hydrogen-bond donors (Lipinski definition) is 0. The first-order valence-corrected chi connectivity index (χ1v) is 8.29. The molecule has 0 radical (unpaired) electrons. The Bertz CT molecular complexity index is 834. The van der Waals surface area contributed by atoms with Crippen LogP contribution in [0, 0.1) is 0 Å². The standard InChI is InChI=1S/C19H20N4O2/c1-22-11-15(10-21-22)12-23-13-16(23)14-24-17-5-4-6-18(9-17)25-19-7-2-3-8-20-19/h2-11,16H,12-14H2,1H3. The van der Waals surface area contributed by atoms with E-state index in [4.69, 9.17) is 9.47 Å². The molecule has 1 aliphatic heterocycles. The van der Waals surface area contributed by atoms with Crippen LogP contribution in [0.15, 0.2) is 61.1 Å². The van der Waals surface area contributed by atoms with Crippen LogP contribution in [0.2, 0.25) is 0 Å². The van der Waals surface area contributed by atoms with Crippen LogP contribution < -0.4 is 9.47 Å². The third-order valence-corrected chi connectivity index (χ3v) is 4.08. The lowest BCUT2D eigenvalue weighted by Crippen LogP contribution is -2.10. The predicted octanol–water partition coefficient (Wildman–Crippen LogP) is 2.87. The lowest BCUT2D eigenvalue weighted by molar-refractivity contribution is 0.291. The molecule has 0 aliphatic carbocycles. The Hall–Kier alpha value is -2.86. The number of benzene rings is 1. The summed E-state index contributed by atoms with van der Waals surface area (Å²) in [4.78, 5) is 6.53. The number of ether oxygens (including phenoxy) is 2. The summed E-state index contributed by atoms with van der Waals surface area (Å²) < 4.78 is 13.5. The van der Waals surface area contributed by atoms with Crippen LogP contribution in [0.25, 0.3) is 0 Å². The van der Waals surface area contributed by atoms with Gasteiger partial charge < -0.3 is 9.47 Å². The summed E-state index contributed by atoms with van der Waals surface area (Å²) in [6, 6.07) is 13.7. The second-order valence-corrected chi connectivity index (χ2v) is 6.16. The molecule has 0 amide bonds. The van der Waals surface area contributed by atoms with Gasteiger partial charge in [-0.15, -0.1) is 0 Å². The van der Waals surface area contributed by atoms with E-state index in [1.807, 2.05) is 60.4 Å². The maximum atomic E-state index is 5.92. The normalized spacial score (nSPS) is 18.8. The molecule has 1 aliphatic rings. The summed E-state index contributed by atoms with van der Waals surface area (Å²) in [6.45, 7) is 2.65. The van der Waals surface area contributed by atoms with E-state index in [-0.39, 0.29) is 0 Å². The topological polar surface area (TPSA) is 52.2 Å². The number of aromatic nitrogens is 3. The molecule has 0 spiro atoms. The molecule has 1 aromatic carbocycles. The van der Waals surface area contributed by atoms with E-state index in [1.165, 1.54) is 5.56 Å². The highest BCUT2D eigenvalue weighted by atomic mass is 16.5. The molecule has 2 aromatic heterocycles. The Morgan fingerprint density at radius 3 is 2.88 bits per heavy atom. The minimum absolute atomic E-state index is 0.459. The SMILES string of the molecule is Cn1cc(CN2CC2COc2cccc(Oc3ccccn3)c2)cn1. The molecule has 0 N–H and O–H groups in total. The molecule has 6 heteroatoms. The fourth-order valence-corrected chi connectivity index (χ4v) is 2.71. The third kappa shape index (κ3) is 4.16.